The zero-order chi connectivity index (χ0) is 14.1. The number of benzene rings is 2. The van der Waals surface area contributed by atoms with Crippen LogP contribution in [0.3, 0.4) is 0 Å². The predicted octanol–water partition coefficient (Wildman–Crippen LogP) is 2.29. The summed E-state index contributed by atoms with van der Waals surface area (Å²) in [5.74, 6) is -0.979. The molecule has 0 aliphatic carbocycles. The molecule has 0 amide bonds. The maximum Gasteiger partial charge on any atom is 0.335 e. The van der Waals surface area contributed by atoms with Gasteiger partial charge in [-0.1, -0.05) is 18.2 Å². The van der Waals surface area contributed by atoms with Gasteiger partial charge in [0.1, 0.15) is 0 Å². The van der Waals surface area contributed by atoms with Crippen LogP contribution < -0.4 is 5.56 Å². The van der Waals surface area contributed by atoms with Crippen molar-refractivity contribution in [1.29, 1.82) is 0 Å². The Morgan fingerprint density at radius 3 is 2.70 bits per heavy atom. The lowest BCUT2D eigenvalue weighted by atomic mass is 10.0. The third-order valence-electron chi connectivity index (χ3n) is 3.08. The molecule has 0 aliphatic rings. The first-order valence-corrected chi connectivity index (χ1v) is 5.96. The lowest BCUT2D eigenvalue weighted by Crippen LogP contribution is -2.06. The molecule has 1 aromatic heterocycles. The Kier molecular flexibility index (Phi) is 2.80. The van der Waals surface area contributed by atoms with Crippen LogP contribution in [0.4, 0.5) is 0 Å². The molecular weight excluding hydrogens is 256 g/mol. The predicted molar refractivity (Wildman–Crippen MR) is 74.8 cm³/mol. The number of hydrogen-bond acceptors (Lipinski definition) is 3. The summed E-state index contributed by atoms with van der Waals surface area (Å²) in [7, 11) is 0. The van der Waals surface area contributed by atoms with Crippen LogP contribution in [0.1, 0.15) is 10.4 Å². The molecule has 3 rings (SSSR count). The van der Waals surface area contributed by atoms with Gasteiger partial charge >= 0.3 is 5.97 Å². The van der Waals surface area contributed by atoms with Crippen LogP contribution in [0.5, 0.6) is 0 Å². The number of aromatic carboxylic acids is 1. The zero-order valence-corrected chi connectivity index (χ0v) is 10.3. The highest BCUT2D eigenvalue weighted by Gasteiger charge is 2.06. The van der Waals surface area contributed by atoms with E-state index < -0.39 is 5.97 Å². The average Bonchev–Trinajstić information content (AvgIpc) is 2.47. The van der Waals surface area contributed by atoms with Crippen molar-refractivity contribution in [2.45, 2.75) is 0 Å². The van der Waals surface area contributed by atoms with E-state index in [2.05, 4.69) is 9.97 Å². The first kappa shape index (κ1) is 12.1. The van der Waals surface area contributed by atoms with Crippen molar-refractivity contribution in [2.75, 3.05) is 0 Å². The molecule has 2 aromatic carbocycles. The summed E-state index contributed by atoms with van der Waals surface area (Å²) in [4.78, 5) is 29.3. The second-order valence-corrected chi connectivity index (χ2v) is 4.35. The quantitative estimate of drug-likeness (QED) is 0.745. The fourth-order valence-corrected chi connectivity index (χ4v) is 2.08. The molecule has 20 heavy (non-hydrogen) atoms. The van der Waals surface area contributed by atoms with Crippen molar-refractivity contribution < 1.29 is 9.90 Å². The highest BCUT2D eigenvalue weighted by Crippen LogP contribution is 2.23. The molecule has 0 aliphatic heterocycles. The molecular formula is C15H10N2O3. The Bertz CT molecular complexity index is 868. The number of aromatic nitrogens is 2. The van der Waals surface area contributed by atoms with Crippen molar-refractivity contribution in [3.63, 3.8) is 0 Å². The van der Waals surface area contributed by atoms with Crippen LogP contribution in [0.25, 0.3) is 22.0 Å². The minimum atomic E-state index is -0.979. The molecule has 0 radical (unpaired) electrons. The molecule has 0 bridgehead atoms. The number of carboxylic acid groups (broad SMARTS) is 1. The topological polar surface area (TPSA) is 83.0 Å². The molecule has 0 atom stereocenters. The Morgan fingerprint density at radius 1 is 1.10 bits per heavy atom. The molecule has 0 saturated carbocycles. The summed E-state index contributed by atoms with van der Waals surface area (Å²) in [5, 5.41) is 9.48. The Balaban J connectivity index is 2.20. The highest BCUT2D eigenvalue weighted by molar-refractivity contribution is 5.90. The third kappa shape index (κ3) is 2.05. The van der Waals surface area contributed by atoms with Gasteiger partial charge in [-0.2, -0.15) is 0 Å². The molecule has 0 saturated heterocycles. The second-order valence-electron chi connectivity index (χ2n) is 4.35. The van der Waals surface area contributed by atoms with E-state index in [1.807, 2.05) is 6.07 Å². The van der Waals surface area contributed by atoms with Crippen LogP contribution in [0.15, 0.2) is 53.6 Å². The Hall–Kier alpha value is -2.95. The van der Waals surface area contributed by atoms with E-state index in [0.29, 0.717) is 10.9 Å². The molecule has 0 fully saturated rings. The van der Waals surface area contributed by atoms with Crippen LogP contribution in [0.2, 0.25) is 0 Å². The first-order valence-electron chi connectivity index (χ1n) is 5.96. The van der Waals surface area contributed by atoms with E-state index in [4.69, 9.17) is 5.11 Å². The van der Waals surface area contributed by atoms with Crippen LogP contribution >= 0.6 is 0 Å². The van der Waals surface area contributed by atoms with Gasteiger partial charge in [-0.25, -0.2) is 9.78 Å². The van der Waals surface area contributed by atoms with Gasteiger partial charge in [0.2, 0.25) is 0 Å². The number of rotatable bonds is 2. The second kappa shape index (κ2) is 4.62. The number of nitrogens with one attached hydrogen (secondary N) is 1. The Labute approximate surface area is 113 Å². The van der Waals surface area contributed by atoms with Crippen molar-refractivity contribution in [3.05, 3.63) is 64.7 Å². The van der Waals surface area contributed by atoms with E-state index in [1.54, 1.807) is 30.3 Å². The smallest absolute Gasteiger partial charge is 0.335 e. The van der Waals surface area contributed by atoms with Crippen molar-refractivity contribution in [2.24, 2.45) is 0 Å². The number of fused-ring (bicyclic) bond motifs is 1. The maximum absolute atomic E-state index is 11.7. The summed E-state index contributed by atoms with van der Waals surface area (Å²) in [6, 6.07) is 11.9. The van der Waals surface area contributed by atoms with E-state index in [9.17, 15) is 9.59 Å². The summed E-state index contributed by atoms with van der Waals surface area (Å²) in [6.45, 7) is 0. The molecule has 5 nitrogen and oxygen atoms in total. The molecule has 0 spiro atoms. The lowest BCUT2D eigenvalue weighted by Gasteiger charge is -2.04. The molecule has 2 N–H and O–H groups in total. The van der Waals surface area contributed by atoms with Gasteiger partial charge in [-0.05, 0) is 35.4 Å². The minimum Gasteiger partial charge on any atom is -0.478 e. The van der Waals surface area contributed by atoms with E-state index in [-0.39, 0.29) is 11.1 Å². The number of carbonyl (C=O) groups is 1. The summed E-state index contributed by atoms with van der Waals surface area (Å²) >= 11 is 0. The molecule has 0 unspecified atom stereocenters. The summed E-state index contributed by atoms with van der Waals surface area (Å²) in [6.07, 6.45) is 1.36. The minimum absolute atomic E-state index is 0.211. The normalized spacial score (nSPS) is 10.6. The lowest BCUT2D eigenvalue weighted by molar-refractivity contribution is 0.0697. The third-order valence-corrected chi connectivity index (χ3v) is 3.08. The fourth-order valence-electron chi connectivity index (χ4n) is 2.08. The van der Waals surface area contributed by atoms with Gasteiger partial charge < -0.3 is 10.1 Å². The van der Waals surface area contributed by atoms with Crippen molar-refractivity contribution in [1.82, 2.24) is 9.97 Å². The van der Waals surface area contributed by atoms with Crippen LogP contribution in [0, 0.1) is 0 Å². The van der Waals surface area contributed by atoms with Crippen LogP contribution in [-0.2, 0) is 0 Å². The van der Waals surface area contributed by atoms with E-state index in [0.717, 1.165) is 11.1 Å². The van der Waals surface area contributed by atoms with Crippen molar-refractivity contribution in [3.8, 4) is 11.1 Å². The SMILES string of the molecule is O=C(O)c1cccc(-c2ccc3nc[nH]c(=O)c3c2)c1. The van der Waals surface area contributed by atoms with E-state index in [1.165, 1.54) is 12.4 Å². The summed E-state index contributed by atoms with van der Waals surface area (Å²) in [5.41, 5.74) is 2.12. The summed E-state index contributed by atoms with van der Waals surface area (Å²) < 4.78 is 0. The van der Waals surface area contributed by atoms with Gasteiger partial charge in [0.15, 0.2) is 0 Å². The monoisotopic (exact) mass is 266 g/mol. The van der Waals surface area contributed by atoms with Gasteiger partial charge in [0.25, 0.3) is 5.56 Å². The number of carboxylic acids is 1. The average molecular weight is 266 g/mol. The Morgan fingerprint density at radius 2 is 1.90 bits per heavy atom. The number of aromatic amines is 1. The zero-order valence-electron chi connectivity index (χ0n) is 10.3. The first-order chi connectivity index (χ1) is 9.65. The highest BCUT2D eigenvalue weighted by atomic mass is 16.4. The van der Waals surface area contributed by atoms with Gasteiger partial charge in [-0.15, -0.1) is 0 Å². The van der Waals surface area contributed by atoms with Gasteiger partial charge in [-0.3, -0.25) is 4.79 Å². The number of nitrogens with zero attached hydrogens (tertiary/aromatic N) is 1. The largest absolute Gasteiger partial charge is 0.478 e. The fraction of sp³-hybridized carbons (Fsp3) is 0. The number of H-pyrrole nitrogens is 1. The molecule has 1 heterocycles. The molecule has 5 heteroatoms. The standard InChI is InChI=1S/C15H10N2O3/c18-14-12-7-10(4-5-13(12)16-8-17-14)9-2-1-3-11(6-9)15(19)20/h1-8H,(H,19,20)(H,16,17,18). The van der Waals surface area contributed by atoms with Crippen LogP contribution in [-0.4, -0.2) is 21.0 Å². The van der Waals surface area contributed by atoms with Gasteiger partial charge in [0.05, 0.1) is 22.8 Å². The molecule has 98 valence electrons. The van der Waals surface area contributed by atoms with E-state index >= 15 is 0 Å². The van der Waals surface area contributed by atoms with Gasteiger partial charge in [0, 0.05) is 0 Å². The maximum atomic E-state index is 11.7. The molecule has 3 aromatic rings. The van der Waals surface area contributed by atoms with Crippen molar-refractivity contribution >= 4 is 16.9 Å². The number of hydrogen-bond donors (Lipinski definition) is 2.